The summed E-state index contributed by atoms with van der Waals surface area (Å²) in [6.07, 6.45) is 0.131. The summed E-state index contributed by atoms with van der Waals surface area (Å²) in [4.78, 5) is 21.9. The molecule has 0 heterocycles. The first-order chi connectivity index (χ1) is 8.31. The fraction of sp³-hybridized carbons (Fsp3) is 0.273. The zero-order chi connectivity index (χ0) is 13.9. The number of carboxylic acid groups (broad SMARTS) is 1. The maximum absolute atomic E-state index is 11.0. The number of carbonyl (C=O) groups is 2. The summed E-state index contributed by atoms with van der Waals surface area (Å²) < 4.78 is 0.915. The quantitative estimate of drug-likeness (QED) is 0.746. The van der Waals surface area contributed by atoms with Crippen LogP contribution in [0.25, 0.3) is 0 Å². The lowest BCUT2D eigenvalue weighted by Crippen LogP contribution is -2.41. The van der Waals surface area contributed by atoms with E-state index in [1.807, 2.05) is 0 Å². The smallest absolute Gasteiger partial charge is 0.326 e. The lowest BCUT2D eigenvalue weighted by molar-refractivity contribution is -0.141. The third-order valence-electron chi connectivity index (χ3n) is 2.19. The number of benzene rings is 1. The van der Waals surface area contributed by atoms with E-state index in [-0.39, 0.29) is 12.2 Å². The van der Waals surface area contributed by atoms with Gasteiger partial charge in [0.1, 0.15) is 11.8 Å². The molecule has 1 rings (SSSR count). The fourth-order valence-electron chi connectivity index (χ4n) is 1.42. The van der Waals surface area contributed by atoms with E-state index < -0.39 is 17.9 Å². The zero-order valence-electron chi connectivity index (χ0n) is 9.41. The van der Waals surface area contributed by atoms with E-state index in [0.717, 1.165) is 0 Å². The molecular weight excluding hydrogens is 370 g/mol. The highest BCUT2D eigenvalue weighted by Gasteiger charge is 2.19. The van der Waals surface area contributed by atoms with Crippen LogP contribution >= 0.6 is 31.9 Å². The van der Waals surface area contributed by atoms with Crippen molar-refractivity contribution in [2.24, 2.45) is 0 Å². The van der Waals surface area contributed by atoms with Gasteiger partial charge in [0.15, 0.2) is 0 Å². The molecule has 1 aromatic carbocycles. The van der Waals surface area contributed by atoms with Crippen LogP contribution < -0.4 is 5.32 Å². The van der Waals surface area contributed by atoms with Crippen LogP contribution in [0.2, 0.25) is 0 Å². The van der Waals surface area contributed by atoms with Crippen molar-refractivity contribution in [3.8, 4) is 5.75 Å². The van der Waals surface area contributed by atoms with Crippen LogP contribution in [0.3, 0.4) is 0 Å². The van der Waals surface area contributed by atoms with Gasteiger partial charge in [0.05, 0.1) is 8.95 Å². The second-order valence-corrected chi connectivity index (χ2v) is 5.41. The summed E-state index contributed by atoms with van der Waals surface area (Å²) in [7, 11) is 0. The predicted molar refractivity (Wildman–Crippen MR) is 72.5 cm³/mol. The highest BCUT2D eigenvalue weighted by molar-refractivity contribution is 9.11. The molecule has 98 valence electrons. The number of aliphatic carboxylic acids is 1. The van der Waals surface area contributed by atoms with Crippen molar-refractivity contribution >= 4 is 43.7 Å². The number of nitrogens with one attached hydrogen (secondary N) is 1. The Morgan fingerprint density at radius 2 is 1.83 bits per heavy atom. The van der Waals surface area contributed by atoms with Crippen molar-refractivity contribution in [1.82, 2.24) is 5.32 Å². The first kappa shape index (κ1) is 15.0. The van der Waals surface area contributed by atoms with Crippen molar-refractivity contribution in [3.05, 3.63) is 26.6 Å². The Balaban J connectivity index is 2.94. The molecule has 1 atom stereocenters. The van der Waals surface area contributed by atoms with Gasteiger partial charge in [0, 0.05) is 13.3 Å². The number of phenols is 1. The molecule has 0 fully saturated rings. The number of halogens is 2. The molecule has 0 aliphatic rings. The third kappa shape index (κ3) is 3.99. The summed E-state index contributed by atoms with van der Waals surface area (Å²) >= 11 is 6.32. The maximum Gasteiger partial charge on any atom is 0.326 e. The molecule has 0 saturated heterocycles. The van der Waals surface area contributed by atoms with Gasteiger partial charge in [-0.25, -0.2) is 4.79 Å². The van der Waals surface area contributed by atoms with Gasteiger partial charge in [-0.1, -0.05) is 0 Å². The van der Waals surface area contributed by atoms with Crippen molar-refractivity contribution in [3.63, 3.8) is 0 Å². The van der Waals surface area contributed by atoms with Gasteiger partial charge in [-0.05, 0) is 49.6 Å². The van der Waals surface area contributed by atoms with Crippen LogP contribution in [-0.4, -0.2) is 28.1 Å². The van der Waals surface area contributed by atoms with E-state index in [9.17, 15) is 14.7 Å². The van der Waals surface area contributed by atoms with Crippen LogP contribution in [-0.2, 0) is 16.0 Å². The molecule has 0 radical (unpaired) electrons. The third-order valence-corrected chi connectivity index (χ3v) is 3.40. The zero-order valence-corrected chi connectivity index (χ0v) is 12.6. The first-order valence-corrected chi connectivity index (χ1v) is 6.56. The second kappa shape index (κ2) is 6.19. The van der Waals surface area contributed by atoms with Gasteiger partial charge in [-0.2, -0.15) is 0 Å². The molecule has 18 heavy (non-hydrogen) atoms. The fourth-order valence-corrected chi connectivity index (χ4v) is 2.70. The molecule has 1 aromatic rings. The Morgan fingerprint density at radius 1 is 1.33 bits per heavy atom. The normalized spacial score (nSPS) is 11.9. The standard InChI is InChI=1S/C11H11Br2NO4/c1-5(15)14-9(11(17)18)4-6-2-7(12)10(16)8(13)3-6/h2-3,9,16H,4H2,1H3,(H,14,15)(H,17,18). The van der Waals surface area contributed by atoms with E-state index in [2.05, 4.69) is 37.2 Å². The van der Waals surface area contributed by atoms with Gasteiger partial charge in [0.2, 0.25) is 5.91 Å². The van der Waals surface area contributed by atoms with Gasteiger partial charge >= 0.3 is 5.97 Å². The number of carboxylic acids is 1. The van der Waals surface area contributed by atoms with Gasteiger partial charge in [0.25, 0.3) is 0 Å². The summed E-state index contributed by atoms with van der Waals surface area (Å²) in [5, 5.41) is 20.9. The van der Waals surface area contributed by atoms with Crippen LogP contribution in [0.4, 0.5) is 0 Å². The number of carbonyl (C=O) groups excluding carboxylic acids is 1. The molecule has 0 aliphatic carbocycles. The topological polar surface area (TPSA) is 86.6 Å². The SMILES string of the molecule is CC(=O)NC(Cc1cc(Br)c(O)c(Br)c1)C(=O)O. The van der Waals surface area contributed by atoms with Gasteiger partial charge < -0.3 is 15.5 Å². The Bertz CT molecular complexity index is 467. The van der Waals surface area contributed by atoms with E-state index >= 15 is 0 Å². The van der Waals surface area contributed by atoms with Gasteiger partial charge in [-0.15, -0.1) is 0 Å². The molecule has 5 nitrogen and oxygen atoms in total. The molecule has 0 aliphatic heterocycles. The Kier molecular flexibility index (Phi) is 5.15. The van der Waals surface area contributed by atoms with E-state index in [1.165, 1.54) is 6.92 Å². The minimum atomic E-state index is -1.11. The number of rotatable bonds is 4. The van der Waals surface area contributed by atoms with Crippen molar-refractivity contribution < 1.29 is 19.8 Å². The molecular formula is C11H11Br2NO4. The molecule has 3 N–H and O–H groups in total. The summed E-state index contributed by atoms with van der Waals surface area (Å²) in [5.41, 5.74) is 0.674. The predicted octanol–water partition coefficient (Wildman–Crippen LogP) is 2.05. The van der Waals surface area contributed by atoms with E-state index in [0.29, 0.717) is 14.5 Å². The van der Waals surface area contributed by atoms with Crippen LogP contribution in [0.15, 0.2) is 21.1 Å². The van der Waals surface area contributed by atoms with Crippen molar-refractivity contribution in [2.45, 2.75) is 19.4 Å². The van der Waals surface area contributed by atoms with E-state index in [1.54, 1.807) is 12.1 Å². The lowest BCUT2D eigenvalue weighted by atomic mass is 10.1. The average molecular weight is 381 g/mol. The summed E-state index contributed by atoms with van der Waals surface area (Å²) in [5.74, 6) is -1.46. The molecule has 0 bridgehead atoms. The minimum absolute atomic E-state index is 0.0464. The first-order valence-electron chi connectivity index (χ1n) is 4.98. The Hall–Kier alpha value is -1.08. The monoisotopic (exact) mass is 379 g/mol. The van der Waals surface area contributed by atoms with Crippen molar-refractivity contribution in [2.75, 3.05) is 0 Å². The molecule has 0 spiro atoms. The molecule has 7 heteroatoms. The lowest BCUT2D eigenvalue weighted by Gasteiger charge is -2.14. The van der Waals surface area contributed by atoms with Gasteiger partial charge in [-0.3, -0.25) is 4.79 Å². The number of hydrogen-bond donors (Lipinski definition) is 3. The average Bonchev–Trinajstić information content (AvgIpc) is 2.24. The Morgan fingerprint density at radius 3 is 2.22 bits per heavy atom. The van der Waals surface area contributed by atoms with Crippen molar-refractivity contribution in [1.29, 1.82) is 0 Å². The number of aromatic hydroxyl groups is 1. The Labute approximate surface area is 120 Å². The number of amides is 1. The summed E-state index contributed by atoms with van der Waals surface area (Å²) in [6, 6.07) is 2.22. The van der Waals surface area contributed by atoms with Crippen LogP contribution in [0.5, 0.6) is 5.75 Å². The molecule has 0 aromatic heterocycles. The minimum Gasteiger partial charge on any atom is -0.506 e. The molecule has 0 saturated carbocycles. The second-order valence-electron chi connectivity index (χ2n) is 3.70. The van der Waals surface area contributed by atoms with E-state index in [4.69, 9.17) is 5.11 Å². The summed E-state index contributed by atoms with van der Waals surface area (Å²) in [6.45, 7) is 1.26. The number of hydrogen-bond acceptors (Lipinski definition) is 3. The number of phenolic OH excluding ortho intramolecular Hbond substituents is 1. The highest BCUT2D eigenvalue weighted by atomic mass is 79.9. The highest BCUT2D eigenvalue weighted by Crippen LogP contribution is 2.33. The molecule has 1 amide bonds. The molecule has 1 unspecified atom stereocenters. The van der Waals surface area contributed by atoms with Crippen LogP contribution in [0, 0.1) is 0 Å². The van der Waals surface area contributed by atoms with Crippen LogP contribution in [0.1, 0.15) is 12.5 Å². The largest absolute Gasteiger partial charge is 0.506 e. The maximum atomic E-state index is 11.0.